The standard InChI is InChI=1S/C10H18N2OS2/c1-11-8-2-3-12(6-8)10(13)9-7-14-4-5-15-9/h8-9,11H,2-7H2,1H3. The fourth-order valence-electron chi connectivity index (χ4n) is 2.03. The summed E-state index contributed by atoms with van der Waals surface area (Å²) in [5.74, 6) is 3.70. The van der Waals surface area contributed by atoms with Gasteiger partial charge >= 0.3 is 0 Å². The van der Waals surface area contributed by atoms with E-state index in [1.54, 1.807) is 0 Å². The lowest BCUT2D eigenvalue weighted by atomic mass is 10.3. The summed E-state index contributed by atoms with van der Waals surface area (Å²) in [6.07, 6.45) is 1.10. The molecule has 86 valence electrons. The molecule has 2 fully saturated rings. The average Bonchev–Trinajstić information content (AvgIpc) is 2.78. The minimum absolute atomic E-state index is 0.222. The van der Waals surface area contributed by atoms with Gasteiger partial charge in [-0.2, -0.15) is 11.8 Å². The van der Waals surface area contributed by atoms with E-state index in [0.717, 1.165) is 31.0 Å². The van der Waals surface area contributed by atoms with Gasteiger partial charge in [0.15, 0.2) is 0 Å². The van der Waals surface area contributed by atoms with E-state index in [1.807, 2.05) is 35.5 Å². The van der Waals surface area contributed by atoms with Crippen LogP contribution in [0.4, 0.5) is 0 Å². The molecule has 0 aromatic rings. The summed E-state index contributed by atoms with van der Waals surface area (Å²) < 4.78 is 0. The summed E-state index contributed by atoms with van der Waals surface area (Å²) in [7, 11) is 1.98. The molecule has 2 rings (SSSR count). The maximum Gasteiger partial charge on any atom is 0.236 e. The molecule has 0 saturated carbocycles. The molecule has 2 atom stereocenters. The molecule has 2 heterocycles. The van der Waals surface area contributed by atoms with Crippen LogP contribution in [0.15, 0.2) is 0 Å². The Morgan fingerprint density at radius 3 is 2.93 bits per heavy atom. The van der Waals surface area contributed by atoms with Gasteiger partial charge in [0.05, 0.1) is 5.25 Å². The summed E-state index contributed by atoms with van der Waals surface area (Å²) in [6.45, 7) is 1.84. The molecule has 2 unspecified atom stereocenters. The first-order valence-electron chi connectivity index (χ1n) is 5.46. The molecule has 0 aliphatic carbocycles. The van der Waals surface area contributed by atoms with Crippen molar-refractivity contribution < 1.29 is 4.79 Å². The van der Waals surface area contributed by atoms with Crippen molar-refractivity contribution in [3.63, 3.8) is 0 Å². The lowest BCUT2D eigenvalue weighted by molar-refractivity contribution is -0.129. The molecule has 2 aliphatic rings. The molecule has 1 amide bonds. The summed E-state index contributed by atoms with van der Waals surface area (Å²) in [5, 5.41) is 3.47. The highest BCUT2D eigenvalue weighted by molar-refractivity contribution is 8.07. The molecule has 0 radical (unpaired) electrons. The number of hydrogen-bond acceptors (Lipinski definition) is 4. The topological polar surface area (TPSA) is 32.3 Å². The monoisotopic (exact) mass is 246 g/mol. The Balaban J connectivity index is 1.85. The first-order valence-corrected chi connectivity index (χ1v) is 7.67. The number of nitrogens with one attached hydrogen (secondary N) is 1. The highest BCUT2D eigenvalue weighted by Gasteiger charge is 2.31. The van der Waals surface area contributed by atoms with Crippen LogP contribution in [0.5, 0.6) is 0 Å². The van der Waals surface area contributed by atoms with Crippen LogP contribution in [0.1, 0.15) is 6.42 Å². The number of nitrogens with zero attached hydrogens (tertiary/aromatic N) is 1. The molecular formula is C10H18N2OS2. The van der Waals surface area contributed by atoms with Crippen molar-refractivity contribution in [2.45, 2.75) is 17.7 Å². The molecule has 15 heavy (non-hydrogen) atoms. The third-order valence-corrected chi connectivity index (χ3v) is 5.74. The normalized spacial score (nSPS) is 31.9. The van der Waals surface area contributed by atoms with Crippen molar-refractivity contribution in [1.29, 1.82) is 0 Å². The van der Waals surface area contributed by atoms with Gasteiger partial charge in [0.1, 0.15) is 0 Å². The molecular weight excluding hydrogens is 228 g/mol. The number of likely N-dealkylation sites (N-methyl/N-ethyl adjacent to an activating group) is 1. The first-order chi connectivity index (χ1) is 7.31. The Hall–Kier alpha value is 0.130. The van der Waals surface area contributed by atoms with Gasteiger partial charge in [0, 0.05) is 36.4 Å². The van der Waals surface area contributed by atoms with E-state index in [2.05, 4.69) is 5.32 Å². The minimum Gasteiger partial charge on any atom is -0.340 e. The van der Waals surface area contributed by atoms with Gasteiger partial charge in [-0.3, -0.25) is 4.79 Å². The molecule has 0 aromatic heterocycles. The Bertz CT molecular complexity index is 231. The lowest BCUT2D eigenvalue weighted by Gasteiger charge is -2.25. The van der Waals surface area contributed by atoms with E-state index in [0.29, 0.717) is 11.9 Å². The highest BCUT2D eigenvalue weighted by atomic mass is 32.2. The Kier molecular flexibility index (Phi) is 4.22. The third kappa shape index (κ3) is 2.82. The summed E-state index contributed by atoms with van der Waals surface area (Å²) >= 11 is 3.75. The second kappa shape index (κ2) is 5.46. The van der Waals surface area contributed by atoms with E-state index < -0.39 is 0 Å². The fraction of sp³-hybridized carbons (Fsp3) is 0.900. The van der Waals surface area contributed by atoms with Crippen LogP contribution in [0.2, 0.25) is 0 Å². The second-order valence-electron chi connectivity index (χ2n) is 3.99. The van der Waals surface area contributed by atoms with Gasteiger partial charge in [0.25, 0.3) is 0 Å². The zero-order valence-corrected chi connectivity index (χ0v) is 10.7. The molecule has 2 saturated heterocycles. The average molecular weight is 246 g/mol. The SMILES string of the molecule is CNC1CCN(C(=O)C2CSCCS2)C1. The molecule has 0 spiro atoms. The largest absolute Gasteiger partial charge is 0.340 e. The van der Waals surface area contributed by atoms with Crippen LogP contribution in [-0.4, -0.2) is 59.5 Å². The van der Waals surface area contributed by atoms with Gasteiger partial charge < -0.3 is 10.2 Å². The Morgan fingerprint density at radius 1 is 1.47 bits per heavy atom. The predicted molar refractivity (Wildman–Crippen MR) is 67.6 cm³/mol. The second-order valence-corrected chi connectivity index (χ2v) is 6.45. The zero-order chi connectivity index (χ0) is 10.7. The number of amides is 1. The number of rotatable bonds is 2. The molecule has 0 aromatic carbocycles. The van der Waals surface area contributed by atoms with Gasteiger partial charge in [-0.1, -0.05) is 0 Å². The van der Waals surface area contributed by atoms with E-state index in [9.17, 15) is 4.79 Å². The van der Waals surface area contributed by atoms with Crippen LogP contribution < -0.4 is 5.32 Å². The van der Waals surface area contributed by atoms with Crippen LogP contribution in [0, 0.1) is 0 Å². The first kappa shape index (κ1) is 11.6. The van der Waals surface area contributed by atoms with Crippen molar-refractivity contribution in [3.05, 3.63) is 0 Å². The zero-order valence-electron chi connectivity index (χ0n) is 9.07. The highest BCUT2D eigenvalue weighted by Crippen LogP contribution is 2.26. The van der Waals surface area contributed by atoms with Crippen molar-refractivity contribution in [3.8, 4) is 0 Å². The third-order valence-electron chi connectivity index (χ3n) is 3.00. The summed E-state index contributed by atoms with van der Waals surface area (Å²) in [6, 6.07) is 0.509. The maximum absolute atomic E-state index is 12.1. The van der Waals surface area contributed by atoms with Crippen molar-refractivity contribution in [2.75, 3.05) is 37.4 Å². The van der Waals surface area contributed by atoms with Gasteiger partial charge in [-0.15, -0.1) is 11.8 Å². The quantitative estimate of drug-likeness (QED) is 0.776. The van der Waals surface area contributed by atoms with Crippen LogP contribution in [0.25, 0.3) is 0 Å². The number of carbonyl (C=O) groups excluding carboxylic acids is 1. The lowest BCUT2D eigenvalue weighted by Crippen LogP contribution is -2.40. The van der Waals surface area contributed by atoms with Crippen molar-refractivity contribution in [2.24, 2.45) is 0 Å². The molecule has 5 heteroatoms. The van der Waals surface area contributed by atoms with Crippen molar-refractivity contribution in [1.82, 2.24) is 10.2 Å². The van der Waals surface area contributed by atoms with E-state index >= 15 is 0 Å². The molecule has 3 nitrogen and oxygen atoms in total. The van der Waals surface area contributed by atoms with Crippen LogP contribution in [-0.2, 0) is 4.79 Å². The fourth-order valence-corrected chi connectivity index (χ4v) is 4.66. The smallest absolute Gasteiger partial charge is 0.236 e. The molecule has 0 bridgehead atoms. The summed E-state index contributed by atoms with van der Waals surface area (Å²) in [5.41, 5.74) is 0. The number of thioether (sulfide) groups is 2. The van der Waals surface area contributed by atoms with Gasteiger partial charge in [-0.25, -0.2) is 0 Å². The number of carbonyl (C=O) groups is 1. The van der Waals surface area contributed by atoms with E-state index in [4.69, 9.17) is 0 Å². The van der Waals surface area contributed by atoms with Gasteiger partial charge in [0.2, 0.25) is 5.91 Å². The Morgan fingerprint density at radius 2 is 2.33 bits per heavy atom. The molecule has 2 aliphatic heterocycles. The van der Waals surface area contributed by atoms with Crippen LogP contribution in [0.3, 0.4) is 0 Å². The van der Waals surface area contributed by atoms with E-state index in [-0.39, 0.29) is 5.25 Å². The molecule has 1 N–H and O–H groups in total. The van der Waals surface area contributed by atoms with Crippen molar-refractivity contribution >= 4 is 29.4 Å². The maximum atomic E-state index is 12.1. The number of hydrogen-bond donors (Lipinski definition) is 1. The van der Waals surface area contributed by atoms with E-state index in [1.165, 1.54) is 5.75 Å². The van der Waals surface area contributed by atoms with Crippen LogP contribution >= 0.6 is 23.5 Å². The minimum atomic E-state index is 0.222. The Labute approximate surface area is 99.7 Å². The number of likely N-dealkylation sites (tertiary alicyclic amines) is 1. The van der Waals surface area contributed by atoms with Gasteiger partial charge in [-0.05, 0) is 13.5 Å². The predicted octanol–water partition coefficient (Wildman–Crippen LogP) is 0.655. The summed E-state index contributed by atoms with van der Waals surface area (Å²) in [4.78, 5) is 14.2.